The number of hydrogen-bond acceptors (Lipinski definition) is 3. The summed E-state index contributed by atoms with van der Waals surface area (Å²) in [7, 11) is 0. The summed E-state index contributed by atoms with van der Waals surface area (Å²) in [6.45, 7) is 1.72. The number of benzene rings is 1. The smallest absolute Gasteiger partial charge is 0.326 e. The number of nitrogens with one attached hydrogen (secondary N) is 1. The summed E-state index contributed by atoms with van der Waals surface area (Å²) in [6, 6.07) is 6.49. The van der Waals surface area contributed by atoms with Crippen LogP contribution in [0.2, 0.25) is 0 Å². The highest BCUT2D eigenvalue weighted by Crippen LogP contribution is 2.08. The monoisotopic (exact) mass is 250 g/mol. The van der Waals surface area contributed by atoms with Crippen LogP contribution in [-0.4, -0.2) is 23.0 Å². The fraction of sp³-hybridized carbons (Fsp3) is 0.385. The number of anilines is 1. The van der Waals surface area contributed by atoms with Crippen LogP contribution < -0.4 is 11.1 Å². The van der Waals surface area contributed by atoms with Gasteiger partial charge in [-0.15, -0.1) is 0 Å². The van der Waals surface area contributed by atoms with Crippen LogP contribution >= 0.6 is 0 Å². The summed E-state index contributed by atoms with van der Waals surface area (Å²) in [4.78, 5) is 22.3. The Morgan fingerprint density at radius 1 is 1.44 bits per heavy atom. The van der Waals surface area contributed by atoms with Crippen molar-refractivity contribution in [1.82, 2.24) is 5.32 Å². The van der Waals surface area contributed by atoms with Gasteiger partial charge >= 0.3 is 5.97 Å². The highest BCUT2D eigenvalue weighted by molar-refractivity contribution is 5.83. The number of aryl methyl sites for hydroxylation is 1. The van der Waals surface area contributed by atoms with Gasteiger partial charge in [-0.25, -0.2) is 4.79 Å². The molecular formula is C13H18N2O3. The molecule has 0 heterocycles. The van der Waals surface area contributed by atoms with Gasteiger partial charge < -0.3 is 16.2 Å². The summed E-state index contributed by atoms with van der Waals surface area (Å²) in [5.41, 5.74) is 7.25. The second-order valence-corrected chi connectivity index (χ2v) is 4.11. The number of carboxylic acid groups (broad SMARTS) is 1. The van der Waals surface area contributed by atoms with E-state index in [4.69, 9.17) is 10.8 Å². The average Bonchev–Trinajstić information content (AvgIpc) is 2.33. The van der Waals surface area contributed by atoms with Crippen LogP contribution in [0.1, 0.15) is 25.3 Å². The lowest BCUT2D eigenvalue weighted by atomic mass is 10.1. The van der Waals surface area contributed by atoms with Crippen molar-refractivity contribution in [3.05, 3.63) is 29.8 Å². The third-order valence-corrected chi connectivity index (χ3v) is 2.63. The summed E-state index contributed by atoms with van der Waals surface area (Å²) in [5.74, 6) is -1.26. The third kappa shape index (κ3) is 4.45. The van der Waals surface area contributed by atoms with E-state index in [-0.39, 0.29) is 12.3 Å². The Labute approximate surface area is 106 Å². The van der Waals surface area contributed by atoms with E-state index in [0.29, 0.717) is 18.5 Å². The zero-order valence-corrected chi connectivity index (χ0v) is 10.3. The number of carbonyl (C=O) groups excluding carboxylic acids is 1. The Morgan fingerprint density at radius 3 is 2.72 bits per heavy atom. The van der Waals surface area contributed by atoms with Gasteiger partial charge in [-0.05, 0) is 30.5 Å². The number of hydrogen-bond donors (Lipinski definition) is 3. The number of rotatable bonds is 6. The Morgan fingerprint density at radius 2 is 2.17 bits per heavy atom. The predicted molar refractivity (Wildman–Crippen MR) is 69.0 cm³/mol. The Bertz CT molecular complexity index is 432. The van der Waals surface area contributed by atoms with Crippen molar-refractivity contribution in [1.29, 1.82) is 0 Å². The molecule has 0 aromatic heterocycles. The summed E-state index contributed by atoms with van der Waals surface area (Å²) in [5, 5.41) is 11.3. The number of carbonyl (C=O) groups is 2. The average molecular weight is 250 g/mol. The van der Waals surface area contributed by atoms with Crippen LogP contribution in [0.4, 0.5) is 5.69 Å². The first-order valence-electron chi connectivity index (χ1n) is 5.89. The topological polar surface area (TPSA) is 92.4 Å². The molecule has 0 fully saturated rings. The fourth-order valence-electron chi connectivity index (χ4n) is 1.61. The van der Waals surface area contributed by atoms with Crippen LogP contribution in [0.5, 0.6) is 0 Å². The summed E-state index contributed by atoms with van der Waals surface area (Å²) in [6.07, 6.45) is 1.18. The van der Waals surface area contributed by atoms with Crippen molar-refractivity contribution < 1.29 is 14.7 Å². The quantitative estimate of drug-likeness (QED) is 0.661. The van der Waals surface area contributed by atoms with Gasteiger partial charge in [0.1, 0.15) is 6.04 Å². The van der Waals surface area contributed by atoms with Crippen LogP contribution in [0.15, 0.2) is 24.3 Å². The minimum atomic E-state index is -1.00. The molecule has 0 spiro atoms. The molecule has 0 aliphatic heterocycles. The van der Waals surface area contributed by atoms with Crippen LogP contribution in [0.3, 0.4) is 0 Å². The van der Waals surface area contributed by atoms with E-state index in [0.717, 1.165) is 5.56 Å². The van der Waals surface area contributed by atoms with E-state index in [1.54, 1.807) is 13.0 Å². The van der Waals surface area contributed by atoms with Gasteiger partial charge in [0.25, 0.3) is 0 Å². The molecule has 5 heteroatoms. The number of carboxylic acids is 1. The summed E-state index contributed by atoms with van der Waals surface area (Å²) >= 11 is 0. The van der Waals surface area contributed by atoms with Gasteiger partial charge in [-0.2, -0.15) is 0 Å². The fourth-order valence-corrected chi connectivity index (χ4v) is 1.61. The maximum Gasteiger partial charge on any atom is 0.326 e. The first-order valence-corrected chi connectivity index (χ1v) is 5.89. The van der Waals surface area contributed by atoms with Crippen LogP contribution in [0, 0.1) is 0 Å². The molecule has 0 unspecified atom stereocenters. The van der Waals surface area contributed by atoms with Crippen molar-refractivity contribution in [2.24, 2.45) is 0 Å². The number of aliphatic carboxylic acids is 1. The largest absolute Gasteiger partial charge is 0.480 e. The molecule has 0 saturated carbocycles. The van der Waals surface area contributed by atoms with Crippen molar-refractivity contribution in [3.63, 3.8) is 0 Å². The van der Waals surface area contributed by atoms with E-state index >= 15 is 0 Å². The normalized spacial score (nSPS) is 11.8. The molecule has 0 saturated heterocycles. The molecule has 0 aliphatic carbocycles. The van der Waals surface area contributed by atoms with Crippen molar-refractivity contribution in [2.75, 3.05) is 5.73 Å². The molecule has 0 bridgehead atoms. The van der Waals surface area contributed by atoms with Gasteiger partial charge in [0.2, 0.25) is 5.91 Å². The molecule has 0 radical (unpaired) electrons. The van der Waals surface area contributed by atoms with Gasteiger partial charge in [0.05, 0.1) is 0 Å². The highest BCUT2D eigenvalue weighted by Gasteiger charge is 2.16. The van der Waals surface area contributed by atoms with Gasteiger partial charge in [-0.3, -0.25) is 4.79 Å². The molecule has 1 amide bonds. The Balaban J connectivity index is 2.44. The maximum atomic E-state index is 11.6. The minimum absolute atomic E-state index is 0.257. The van der Waals surface area contributed by atoms with Gasteiger partial charge in [0, 0.05) is 12.1 Å². The first-order chi connectivity index (χ1) is 8.52. The van der Waals surface area contributed by atoms with Crippen molar-refractivity contribution in [3.8, 4) is 0 Å². The molecular weight excluding hydrogens is 232 g/mol. The molecule has 4 N–H and O–H groups in total. The van der Waals surface area contributed by atoms with E-state index < -0.39 is 12.0 Å². The maximum absolute atomic E-state index is 11.6. The molecule has 1 atom stereocenters. The van der Waals surface area contributed by atoms with E-state index in [9.17, 15) is 9.59 Å². The van der Waals surface area contributed by atoms with Crippen LogP contribution in [0.25, 0.3) is 0 Å². The lowest BCUT2D eigenvalue weighted by Gasteiger charge is -2.12. The van der Waals surface area contributed by atoms with E-state index in [1.807, 2.05) is 18.2 Å². The molecule has 1 aromatic carbocycles. The summed E-state index contributed by atoms with van der Waals surface area (Å²) < 4.78 is 0. The second-order valence-electron chi connectivity index (χ2n) is 4.11. The SMILES string of the molecule is CC[C@H](NC(=O)CCc1cccc(N)c1)C(=O)O. The lowest BCUT2D eigenvalue weighted by molar-refractivity contribution is -0.141. The van der Waals surface area contributed by atoms with Crippen LogP contribution in [-0.2, 0) is 16.0 Å². The van der Waals surface area contributed by atoms with Crippen molar-refractivity contribution in [2.45, 2.75) is 32.2 Å². The molecule has 18 heavy (non-hydrogen) atoms. The number of nitrogen functional groups attached to an aromatic ring is 1. The first kappa shape index (κ1) is 14.0. The highest BCUT2D eigenvalue weighted by atomic mass is 16.4. The molecule has 5 nitrogen and oxygen atoms in total. The van der Waals surface area contributed by atoms with Gasteiger partial charge in [-0.1, -0.05) is 19.1 Å². The third-order valence-electron chi connectivity index (χ3n) is 2.63. The molecule has 0 aliphatic rings. The Hall–Kier alpha value is -2.04. The number of amides is 1. The van der Waals surface area contributed by atoms with E-state index in [2.05, 4.69) is 5.32 Å². The van der Waals surface area contributed by atoms with E-state index in [1.165, 1.54) is 0 Å². The molecule has 1 aromatic rings. The number of nitrogens with two attached hydrogens (primary N) is 1. The molecule has 1 rings (SSSR count). The standard InChI is InChI=1S/C13H18N2O3/c1-2-11(13(17)18)15-12(16)7-6-9-4-3-5-10(14)8-9/h3-5,8,11H,2,6-7,14H2,1H3,(H,15,16)(H,17,18)/t11-/m0/s1. The van der Waals surface area contributed by atoms with Crippen molar-refractivity contribution >= 4 is 17.6 Å². The predicted octanol–water partition coefficient (Wildman–Crippen LogP) is 1.18. The lowest BCUT2D eigenvalue weighted by Crippen LogP contribution is -2.40. The zero-order valence-electron chi connectivity index (χ0n) is 10.3. The Kier molecular flexibility index (Phi) is 5.17. The minimum Gasteiger partial charge on any atom is -0.480 e. The second kappa shape index (κ2) is 6.64. The molecule has 98 valence electrons. The zero-order chi connectivity index (χ0) is 13.5. The van der Waals surface area contributed by atoms with Gasteiger partial charge in [0.15, 0.2) is 0 Å².